The van der Waals surface area contributed by atoms with Gasteiger partial charge in [0.1, 0.15) is 5.75 Å². The van der Waals surface area contributed by atoms with Crippen LogP contribution in [0.25, 0.3) is 0 Å². The summed E-state index contributed by atoms with van der Waals surface area (Å²) in [5.41, 5.74) is 2.85. The molecule has 0 saturated heterocycles. The quantitative estimate of drug-likeness (QED) is 0.827. The van der Waals surface area contributed by atoms with Crippen LogP contribution < -0.4 is 4.74 Å². The number of ether oxygens (including phenoxy) is 1. The number of benzene rings is 1. The van der Waals surface area contributed by atoms with Crippen LogP contribution in [0.4, 0.5) is 0 Å². The normalized spacial score (nSPS) is 11.9. The van der Waals surface area contributed by atoms with Gasteiger partial charge in [-0.3, -0.25) is 0 Å². The maximum atomic E-state index is 12.5. The summed E-state index contributed by atoms with van der Waals surface area (Å²) < 4.78 is 32.9. The fourth-order valence-electron chi connectivity index (χ4n) is 2.47. The monoisotopic (exact) mass is 324 g/mol. The van der Waals surface area contributed by atoms with E-state index in [0.717, 1.165) is 22.4 Å². The van der Waals surface area contributed by atoms with Crippen molar-refractivity contribution in [3.8, 4) is 5.75 Å². The molecule has 0 aliphatic rings. The molecule has 0 spiro atoms. The summed E-state index contributed by atoms with van der Waals surface area (Å²) in [4.78, 5) is 0. The number of sulfonamides is 1. The zero-order chi connectivity index (χ0) is 16.5. The van der Waals surface area contributed by atoms with Gasteiger partial charge < -0.3 is 4.74 Å². The van der Waals surface area contributed by atoms with Crippen molar-refractivity contribution in [1.29, 1.82) is 0 Å². The van der Waals surface area contributed by atoms with Gasteiger partial charge in [0.2, 0.25) is 0 Å². The maximum Gasteiger partial charge on any atom is 0.261 e. The number of hydrogen-bond donors (Lipinski definition) is 0. The van der Waals surface area contributed by atoms with Crippen LogP contribution in [0, 0.1) is 13.8 Å². The Morgan fingerprint density at radius 1 is 1.27 bits per heavy atom. The van der Waals surface area contributed by atoms with Crippen molar-refractivity contribution in [2.75, 3.05) is 14.2 Å². The van der Waals surface area contributed by atoms with Crippen molar-refractivity contribution >= 4 is 10.0 Å². The highest BCUT2D eigenvalue weighted by Crippen LogP contribution is 2.25. The Bertz CT molecular complexity index is 760. The van der Waals surface area contributed by atoms with Crippen LogP contribution in [0.2, 0.25) is 0 Å². The zero-order valence-corrected chi connectivity index (χ0v) is 14.2. The van der Waals surface area contributed by atoms with E-state index in [1.165, 1.54) is 22.2 Å². The van der Waals surface area contributed by atoms with Gasteiger partial charge in [0.25, 0.3) is 10.0 Å². The van der Waals surface area contributed by atoms with Gasteiger partial charge in [-0.25, -0.2) is 13.1 Å². The van der Waals surface area contributed by atoms with E-state index in [1.807, 2.05) is 26.0 Å². The summed E-state index contributed by atoms with van der Waals surface area (Å²) in [6.07, 6.45) is 1.25. The second-order valence-corrected chi connectivity index (χ2v) is 7.21. The topological polar surface area (TPSA) is 77.3 Å². The molecule has 8 heteroatoms. The second kappa shape index (κ2) is 6.05. The van der Waals surface area contributed by atoms with Crippen LogP contribution in [0.1, 0.15) is 16.7 Å². The molecule has 1 aromatic carbocycles. The molecule has 120 valence electrons. The maximum absolute atomic E-state index is 12.5. The first-order chi connectivity index (χ1) is 10.3. The van der Waals surface area contributed by atoms with Crippen molar-refractivity contribution < 1.29 is 13.2 Å². The van der Waals surface area contributed by atoms with Gasteiger partial charge in [-0.15, -0.1) is 5.10 Å². The van der Waals surface area contributed by atoms with Crippen molar-refractivity contribution in [3.63, 3.8) is 0 Å². The van der Waals surface area contributed by atoms with E-state index >= 15 is 0 Å². The molecule has 1 heterocycles. The zero-order valence-electron chi connectivity index (χ0n) is 13.4. The predicted octanol–water partition coefficient (Wildman–Crippen LogP) is 1.26. The Morgan fingerprint density at radius 2 is 1.86 bits per heavy atom. The minimum absolute atomic E-state index is 0.0666. The molecule has 22 heavy (non-hydrogen) atoms. The van der Waals surface area contributed by atoms with E-state index in [1.54, 1.807) is 14.2 Å². The first-order valence-corrected chi connectivity index (χ1v) is 8.16. The molecule has 0 aliphatic carbocycles. The van der Waals surface area contributed by atoms with Gasteiger partial charge in [-0.05, 0) is 30.5 Å². The lowest BCUT2D eigenvalue weighted by molar-refractivity contribution is 0.407. The van der Waals surface area contributed by atoms with E-state index < -0.39 is 10.0 Å². The average Bonchev–Trinajstić information content (AvgIpc) is 2.85. The molecule has 1 aromatic heterocycles. The average molecular weight is 324 g/mol. The highest BCUT2D eigenvalue weighted by atomic mass is 32.2. The fraction of sp³-hybridized carbons (Fsp3) is 0.429. The van der Waals surface area contributed by atoms with Gasteiger partial charge in [0.05, 0.1) is 13.3 Å². The molecule has 7 nitrogen and oxygen atoms in total. The predicted molar refractivity (Wildman–Crippen MR) is 82.1 cm³/mol. The standard InChI is InChI=1S/C14H20N4O3S/c1-10-6-12(7-11(2)14(10)21-5)9-17(3)22(19,20)13-8-15-16-18(13)4/h6-8H,9H2,1-5H3. The molecule has 0 bridgehead atoms. The Hall–Kier alpha value is -1.93. The number of hydrogen-bond acceptors (Lipinski definition) is 5. The van der Waals surface area contributed by atoms with Gasteiger partial charge in [-0.2, -0.15) is 4.31 Å². The van der Waals surface area contributed by atoms with Gasteiger partial charge in [0.15, 0.2) is 5.03 Å². The van der Waals surface area contributed by atoms with E-state index in [4.69, 9.17) is 4.74 Å². The minimum Gasteiger partial charge on any atom is -0.496 e. The van der Waals surface area contributed by atoms with Crippen LogP contribution in [0.15, 0.2) is 23.4 Å². The van der Waals surface area contributed by atoms with Crippen molar-refractivity contribution in [2.24, 2.45) is 7.05 Å². The fourth-order valence-corrected chi connectivity index (χ4v) is 3.66. The second-order valence-electron chi connectivity index (χ2n) is 5.22. The van der Waals surface area contributed by atoms with Gasteiger partial charge >= 0.3 is 0 Å². The number of nitrogens with zero attached hydrogens (tertiary/aromatic N) is 4. The molecular weight excluding hydrogens is 304 g/mol. The van der Waals surface area contributed by atoms with Crippen LogP contribution in [-0.2, 0) is 23.6 Å². The summed E-state index contributed by atoms with van der Waals surface area (Å²) >= 11 is 0. The first kappa shape index (κ1) is 16.4. The largest absolute Gasteiger partial charge is 0.496 e. The lowest BCUT2D eigenvalue weighted by atomic mass is 10.1. The molecule has 0 N–H and O–H groups in total. The number of methoxy groups -OCH3 is 1. The molecule has 0 saturated carbocycles. The number of aromatic nitrogens is 3. The molecule has 0 amide bonds. The van der Waals surface area contributed by atoms with Crippen molar-refractivity contribution in [3.05, 3.63) is 35.0 Å². The summed E-state index contributed by atoms with van der Waals surface area (Å²) in [7, 11) is 1.09. The Labute approximate surface area is 130 Å². The number of aryl methyl sites for hydroxylation is 3. The van der Waals surface area contributed by atoms with Gasteiger partial charge in [-0.1, -0.05) is 17.3 Å². The van der Waals surface area contributed by atoms with E-state index in [2.05, 4.69) is 10.3 Å². The first-order valence-electron chi connectivity index (χ1n) is 6.72. The van der Waals surface area contributed by atoms with E-state index in [9.17, 15) is 8.42 Å². The Morgan fingerprint density at radius 3 is 2.32 bits per heavy atom. The van der Waals surface area contributed by atoms with Crippen LogP contribution in [0.3, 0.4) is 0 Å². The summed E-state index contributed by atoms with van der Waals surface area (Å²) in [6, 6.07) is 3.86. The van der Waals surface area contributed by atoms with E-state index in [-0.39, 0.29) is 11.6 Å². The summed E-state index contributed by atoms with van der Waals surface area (Å²) in [5.74, 6) is 0.824. The van der Waals surface area contributed by atoms with Crippen LogP contribution in [0.5, 0.6) is 5.75 Å². The number of rotatable bonds is 5. The highest BCUT2D eigenvalue weighted by molar-refractivity contribution is 7.89. The molecule has 2 rings (SSSR count). The SMILES string of the molecule is COc1c(C)cc(CN(C)S(=O)(=O)c2cnnn2C)cc1C. The molecule has 0 fully saturated rings. The molecule has 0 radical (unpaired) electrons. The summed E-state index contributed by atoms with van der Waals surface area (Å²) in [6.45, 7) is 4.14. The highest BCUT2D eigenvalue weighted by Gasteiger charge is 2.25. The third-order valence-corrected chi connectivity index (χ3v) is 5.32. The van der Waals surface area contributed by atoms with Crippen LogP contribution >= 0.6 is 0 Å². The minimum atomic E-state index is -3.63. The third-order valence-electron chi connectivity index (χ3n) is 3.48. The van der Waals surface area contributed by atoms with Crippen molar-refractivity contribution in [2.45, 2.75) is 25.4 Å². The molecule has 0 atom stereocenters. The molecule has 0 unspecified atom stereocenters. The van der Waals surface area contributed by atoms with Crippen molar-refractivity contribution in [1.82, 2.24) is 19.3 Å². The Balaban J connectivity index is 2.30. The van der Waals surface area contributed by atoms with Crippen LogP contribution in [-0.4, -0.2) is 41.9 Å². The summed E-state index contributed by atoms with van der Waals surface area (Å²) in [5, 5.41) is 7.35. The molecule has 2 aromatic rings. The molecular formula is C14H20N4O3S. The lowest BCUT2D eigenvalue weighted by Gasteiger charge is -2.18. The smallest absolute Gasteiger partial charge is 0.261 e. The lowest BCUT2D eigenvalue weighted by Crippen LogP contribution is -2.28. The third kappa shape index (κ3) is 2.97. The molecule has 0 aliphatic heterocycles. The Kier molecular flexibility index (Phi) is 4.52. The van der Waals surface area contributed by atoms with E-state index in [0.29, 0.717) is 0 Å². The van der Waals surface area contributed by atoms with Gasteiger partial charge in [0, 0.05) is 20.6 Å².